The number of benzene rings is 1. The number of amides is 1. The van der Waals surface area contributed by atoms with Crippen molar-refractivity contribution >= 4 is 38.0 Å². The topological polar surface area (TPSA) is 38.3 Å². The number of hydrogen-bond donors (Lipinski definition) is 1. The Morgan fingerprint density at radius 3 is 2.24 bits per heavy atom. The van der Waals surface area contributed by atoms with Crippen molar-refractivity contribution in [2.24, 2.45) is 0 Å². The van der Waals surface area contributed by atoms with Crippen LogP contribution in [-0.4, -0.2) is 11.7 Å². The summed E-state index contributed by atoms with van der Waals surface area (Å²) in [6.45, 7) is 5.94. The van der Waals surface area contributed by atoms with Crippen LogP contribution in [0.15, 0.2) is 27.1 Å². The average molecular weight is 365 g/mol. The molecule has 0 atom stereocenters. The van der Waals surface area contributed by atoms with E-state index in [0.717, 1.165) is 14.5 Å². The SMILES string of the molecule is CC(C)(C)OC(=O)NCc1cc(Br)cc(Br)c1. The molecule has 0 bridgehead atoms. The van der Waals surface area contributed by atoms with E-state index in [-0.39, 0.29) is 0 Å². The van der Waals surface area contributed by atoms with Gasteiger partial charge in [-0.15, -0.1) is 0 Å². The molecule has 0 spiro atoms. The third kappa shape index (κ3) is 6.07. The van der Waals surface area contributed by atoms with Crippen LogP contribution in [0.3, 0.4) is 0 Å². The Morgan fingerprint density at radius 1 is 1.24 bits per heavy atom. The minimum absolute atomic E-state index is 0.409. The lowest BCUT2D eigenvalue weighted by Gasteiger charge is -2.19. The van der Waals surface area contributed by atoms with Crippen molar-refractivity contribution in [2.45, 2.75) is 32.9 Å². The number of alkyl carbamates (subject to hydrolysis) is 1. The quantitative estimate of drug-likeness (QED) is 0.852. The molecule has 0 unspecified atom stereocenters. The normalized spacial score (nSPS) is 11.1. The van der Waals surface area contributed by atoms with Crippen molar-refractivity contribution in [3.8, 4) is 0 Å². The van der Waals surface area contributed by atoms with Gasteiger partial charge in [-0.1, -0.05) is 31.9 Å². The zero-order chi connectivity index (χ0) is 13.1. The molecule has 0 radical (unpaired) electrons. The predicted octanol–water partition coefficient (Wildman–Crippen LogP) is 4.24. The first-order valence-electron chi connectivity index (χ1n) is 5.18. The fraction of sp³-hybridized carbons (Fsp3) is 0.417. The van der Waals surface area contributed by atoms with Gasteiger partial charge in [0, 0.05) is 15.5 Å². The van der Waals surface area contributed by atoms with Gasteiger partial charge in [0.15, 0.2) is 0 Å². The Morgan fingerprint density at radius 2 is 1.76 bits per heavy atom. The lowest BCUT2D eigenvalue weighted by molar-refractivity contribution is 0.0523. The largest absolute Gasteiger partial charge is 0.444 e. The molecule has 5 heteroatoms. The molecule has 0 heterocycles. The van der Waals surface area contributed by atoms with E-state index in [1.54, 1.807) is 0 Å². The van der Waals surface area contributed by atoms with Crippen LogP contribution in [0.1, 0.15) is 26.3 Å². The first-order valence-corrected chi connectivity index (χ1v) is 6.77. The summed E-state index contributed by atoms with van der Waals surface area (Å²) in [7, 11) is 0. The maximum Gasteiger partial charge on any atom is 0.407 e. The van der Waals surface area contributed by atoms with Crippen LogP contribution in [0.4, 0.5) is 4.79 Å². The highest BCUT2D eigenvalue weighted by atomic mass is 79.9. The van der Waals surface area contributed by atoms with Crippen LogP contribution >= 0.6 is 31.9 Å². The Labute approximate surface area is 118 Å². The minimum atomic E-state index is -0.470. The van der Waals surface area contributed by atoms with Crippen molar-refractivity contribution in [1.29, 1.82) is 0 Å². The fourth-order valence-electron chi connectivity index (χ4n) is 1.20. The average Bonchev–Trinajstić information content (AvgIpc) is 2.10. The third-order valence-corrected chi connectivity index (χ3v) is 2.67. The number of ether oxygens (including phenoxy) is 1. The monoisotopic (exact) mass is 363 g/mol. The van der Waals surface area contributed by atoms with Gasteiger partial charge in [0.05, 0.1) is 0 Å². The number of halogens is 2. The molecule has 1 rings (SSSR count). The highest BCUT2D eigenvalue weighted by molar-refractivity contribution is 9.11. The van der Waals surface area contributed by atoms with Crippen molar-refractivity contribution in [2.75, 3.05) is 0 Å². The lowest BCUT2D eigenvalue weighted by atomic mass is 10.2. The van der Waals surface area contributed by atoms with E-state index in [4.69, 9.17) is 4.74 Å². The Kier molecular flexibility index (Phi) is 5.01. The fourth-order valence-corrected chi connectivity index (χ4v) is 2.59. The van der Waals surface area contributed by atoms with Crippen molar-refractivity contribution in [3.63, 3.8) is 0 Å². The second-order valence-corrected chi connectivity index (χ2v) is 6.46. The smallest absolute Gasteiger partial charge is 0.407 e. The molecule has 0 saturated heterocycles. The summed E-state index contributed by atoms with van der Waals surface area (Å²) in [4.78, 5) is 11.4. The lowest BCUT2D eigenvalue weighted by Crippen LogP contribution is -2.32. The molecule has 1 aromatic rings. The molecule has 1 N–H and O–H groups in total. The second kappa shape index (κ2) is 5.87. The van der Waals surface area contributed by atoms with E-state index in [1.165, 1.54) is 0 Å². The van der Waals surface area contributed by atoms with Gasteiger partial charge in [-0.25, -0.2) is 4.79 Å². The first-order chi connectivity index (χ1) is 7.76. The summed E-state index contributed by atoms with van der Waals surface area (Å²) >= 11 is 6.79. The van der Waals surface area contributed by atoms with E-state index in [0.29, 0.717) is 6.54 Å². The van der Waals surface area contributed by atoms with Gasteiger partial charge in [-0.3, -0.25) is 0 Å². The van der Waals surface area contributed by atoms with Crippen LogP contribution in [-0.2, 0) is 11.3 Å². The number of carbonyl (C=O) groups excluding carboxylic acids is 1. The molecule has 1 amide bonds. The molecule has 3 nitrogen and oxygen atoms in total. The van der Waals surface area contributed by atoms with Gasteiger partial charge in [0.25, 0.3) is 0 Å². The molecule has 0 saturated carbocycles. The standard InChI is InChI=1S/C12H15Br2NO2/c1-12(2,3)17-11(16)15-7-8-4-9(13)6-10(14)5-8/h4-6H,7H2,1-3H3,(H,15,16). The van der Waals surface area contributed by atoms with Crippen molar-refractivity contribution in [3.05, 3.63) is 32.7 Å². The maximum absolute atomic E-state index is 11.4. The summed E-state index contributed by atoms with van der Waals surface area (Å²) in [6, 6.07) is 5.83. The van der Waals surface area contributed by atoms with E-state index < -0.39 is 11.7 Å². The molecular formula is C12H15Br2NO2. The predicted molar refractivity (Wildman–Crippen MR) is 74.9 cm³/mol. The van der Waals surface area contributed by atoms with Crippen molar-refractivity contribution in [1.82, 2.24) is 5.32 Å². The number of rotatable bonds is 2. The van der Waals surface area contributed by atoms with Gasteiger partial charge < -0.3 is 10.1 Å². The second-order valence-electron chi connectivity index (χ2n) is 4.63. The number of hydrogen-bond acceptors (Lipinski definition) is 2. The van der Waals surface area contributed by atoms with Gasteiger partial charge in [-0.2, -0.15) is 0 Å². The van der Waals surface area contributed by atoms with Crippen molar-refractivity contribution < 1.29 is 9.53 Å². The Bertz CT molecular complexity index is 393. The molecule has 94 valence electrons. The van der Waals surface area contributed by atoms with Gasteiger partial charge in [0.2, 0.25) is 0 Å². The van der Waals surface area contributed by atoms with Crippen LogP contribution in [0, 0.1) is 0 Å². The highest BCUT2D eigenvalue weighted by Crippen LogP contribution is 2.20. The molecule has 0 aliphatic carbocycles. The molecule has 0 fully saturated rings. The summed E-state index contributed by atoms with van der Waals surface area (Å²) in [5, 5.41) is 2.71. The molecular weight excluding hydrogens is 350 g/mol. The third-order valence-electron chi connectivity index (χ3n) is 1.76. The minimum Gasteiger partial charge on any atom is -0.444 e. The maximum atomic E-state index is 11.4. The van der Waals surface area contributed by atoms with Crippen LogP contribution < -0.4 is 5.32 Å². The zero-order valence-corrected chi connectivity index (χ0v) is 13.2. The van der Waals surface area contributed by atoms with E-state index in [9.17, 15) is 4.79 Å². The van der Waals surface area contributed by atoms with Crippen LogP contribution in [0.5, 0.6) is 0 Å². The molecule has 0 aromatic heterocycles. The number of nitrogens with one attached hydrogen (secondary N) is 1. The zero-order valence-electron chi connectivity index (χ0n) is 10.0. The van der Waals surface area contributed by atoms with E-state index in [1.807, 2.05) is 39.0 Å². The summed E-state index contributed by atoms with van der Waals surface area (Å²) in [5.74, 6) is 0. The van der Waals surface area contributed by atoms with E-state index >= 15 is 0 Å². The van der Waals surface area contributed by atoms with E-state index in [2.05, 4.69) is 37.2 Å². The summed E-state index contributed by atoms with van der Waals surface area (Å²) in [5.41, 5.74) is 0.527. The van der Waals surface area contributed by atoms with Crippen LogP contribution in [0.2, 0.25) is 0 Å². The van der Waals surface area contributed by atoms with Gasteiger partial charge in [-0.05, 0) is 44.5 Å². The molecule has 1 aromatic carbocycles. The van der Waals surface area contributed by atoms with Gasteiger partial charge in [0.1, 0.15) is 5.60 Å². The van der Waals surface area contributed by atoms with Gasteiger partial charge >= 0.3 is 6.09 Å². The summed E-state index contributed by atoms with van der Waals surface area (Å²) in [6.07, 6.45) is -0.409. The summed E-state index contributed by atoms with van der Waals surface area (Å²) < 4.78 is 7.08. The molecule has 0 aliphatic rings. The first kappa shape index (κ1) is 14.5. The molecule has 0 aliphatic heterocycles. The highest BCUT2D eigenvalue weighted by Gasteiger charge is 2.15. The Balaban J connectivity index is 2.53. The van der Waals surface area contributed by atoms with Crippen LogP contribution in [0.25, 0.3) is 0 Å². The molecule has 17 heavy (non-hydrogen) atoms. The number of carbonyl (C=O) groups is 1. The Hall–Kier alpha value is -0.550.